The number of rotatable bonds is 5. The second kappa shape index (κ2) is 6.28. The SMILES string of the molecule is CC(NCC(O)c1ccccn1)c1ccccc1. The Bertz CT molecular complexity index is 413. The first-order valence-electron chi connectivity index (χ1n) is 6.14. The summed E-state index contributed by atoms with van der Waals surface area (Å²) in [4.78, 5) is 4.14. The average molecular weight is 242 g/mol. The van der Waals surface area contributed by atoms with E-state index in [0.717, 1.165) is 0 Å². The summed E-state index contributed by atoms with van der Waals surface area (Å²) in [6.07, 6.45) is 1.12. The van der Waals surface area contributed by atoms with Crippen LogP contribution < -0.4 is 5.32 Å². The molecule has 1 aromatic carbocycles. The largest absolute Gasteiger partial charge is 0.385 e. The second-order valence-corrected chi connectivity index (χ2v) is 4.31. The Labute approximate surface area is 108 Å². The van der Waals surface area contributed by atoms with Gasteiger partial charge in [-0.2, -0.15) is 0 Å². The van der Waals surface area contributed by atoms with E-state index in [9.17, 15) is 5.11 Å². The zero-order valence-electron chi connectivity index (χ0n) is 10.5. The molecule has 1 aromatic heterocycles. The Morgan fingerprint density at radius 1 is 1.11 bits per heavy atom. The van der Waals surface area contributed by atoms with Gasteiger partial charge in [0.25, 0.3) is 0 Å². The van der Waals surface area contributed by atoms with Gasteiger partial charge in [-0.1, -0.05) is 36.4 Å². The first kappa shape index (κ1) is 12.7. The van der Waals surface area contributed by atoms with Gasteiger partial charge in [-0.25, -0.2) is 0 Å². The number of aliphatic hydroxyl groups is 1. The quantitative estimate of drug-likeness (QED) is 0.846. The van der Waals surface area contributed by atoms with Crippen molar-refractivity contribution in [3.63, 3.8) is 0 Å². The summed E-state index contributed by atoms with van der Waals surface area (Å²) in [6, 6.07) is 16.0. The lowest BCUT2D eigenvalue weighted by atomic mass is 10.1. The molecule has 0 radical (unpaired) electrons. The molecular formula is C15H18N2O. The Morgan fingerprint density at radius 2 is 1.83 bits per heavy atom. The number of aliphatic hydroxyl groups excluding tert-OH is 1. The Balaban J connectivity index is 1.89. The third-order valence-corrected chi connectivity index (χ3v) is 2.95. The fourth-order valence-electron chi connectivity index (χ4n) is 1.83. The highest BCUT2D eigenvalue weighted by Crippen LogP contribution is 2.13. The molecule has 94 valence electrons. The predicted octanol–water partition coefficient (Wildman–Crippen LogP) is 2.47. The van der Waals surface area contributed by atoms with Crippen molar-refractivity contribution in [1.82, 2.24) is 10.3 Å². The third kappa shape index (κ3) is 3.39. The molecule has 3 nitrogen and oxygen atoms in total. The molecule has 0 spiro atoms. The van der Waals surface area contributed by atoms with E-state index in [1.807, 2.05) is 36.4 Å². The number of nitrogens with one attached hydrogen (secondary N) is 1. The molecular weight excluding hydrogens is 224 g/mol. The van der Waals surface area contributed by atoms with Crippen LogP contribution in [-0.2, 0) is 0 Å². The zero-order valence-corrected chi connectivity index (χ0v) is 10.5. The van der Waals surface area contributed by atoms with Gasteiger partial charge >= 0.3 is 0 Å². The van der Waals surface area contributed by atoms with Crippen LogP contribution in [0, 0.1) is 0 Å². The van der Waals surface area contributed by atoms with Gasteiger partial charge in [0.05, 0.1) is 5.69 Å². The van der Waals surface area contributed by atoms with Crippen molar-refractivity contribution in [3.05, 3.63) is 66.0 Å². The van der Waals surface area contributed by atoms with E-state index in [0.29, 0.717) is 12.2 Å². The van der Waals surface area contributed by atoms with Crippen LogP contribution in [-0.4, -0.2) is 16.6 Å². The van der Waals surface area contributed by atoms with Crippen molar-refractivity contribution < 1.29 is 5.11 Å². The molecule has 2 aromatic rings. The van der Waals surface area contributed by atoms with Crippen molar-refractivity contribution in [2.24, 2.45) is 0 Å². The molecule has 1 heterocycles. The van der Waals surface area contributed by atoms with Crippen molar-refractivity contribution in [3.8, 4) is 0 Å². The molecule has 0 aliphatic carbocycles. The van der Waals surface area contributed by atoms with Crippen LogP contribution in [0.2, 0.25) is 0 Å². The van der Waals surface area contributed by atoms with Gasteiger partial charge in [-0.15, -0.1) is 0 Å². The summed E-state index contributed by atoms with van der Waals surface area (Å²) >= 11 is 0. The van der Waals surface area contributed by atoms with E-state index in [1.165, 1.54) is 5.56 Å². The highest BCUT2D eigenvalue weighted by Gasteiger charge is 2.10. The molecule has 2 rings (SSSR count). The number of nitrogens with zero attached hydrogens (tertiary/aromatic N) is 1. The standard InChI is InChI=1S/C15H18N2O/c1-12(13-7-3-2-4-8-13)17-11-15(18)14-9-5-6-10-16-14/h2-10,12,15,17-18H,11H2,1H3. The van der Waals surface area contributed by atoms with E-state index in [4.69, 9.17) is 0 Å². The molecule has 3 heteroatoms. The van der Waals surface area contributed by atoms with E-state index in [-0.39, 0.29) is 6.04 Å². The van der Waals surface area contributed by atoms with E-state index < -0.39 is 6.10 Å². The molecule has 2 unspecified atom stereocenters. The molecule has 0 saturated carbocycles. The van der Waals surface area contributed by atoms with Crippen LogP contribution in [0.25, 0.3) is 0 Å². The van der Waals surface area contributed by atoms with Gasteiger partial charge in [0, 0.05) is 18.8 Å². The van der Waals surface area contributed by atoms with Gasteiger partial charge in [0.15, 0.2) is 0 Å². The highest BCUT2D eigenvalue weighted by molar-refractivity contribution is 5.18. The number of pyridine rings is 1. The normalized spacial score (nSPS) is 14.1. The molecule has 0 saturated heterocycles. The molecule has 0 amide bonds. The number of hydrogen-bond donors (Lipinski definition) is 2. The van der Waals surface area contributed by atoms with E-state index in [2.05, 4.69) is 29.4 Å². The van der Waals surface area contributed by atoms with Crippen LogP contribution in [0.3, 0.4) is 0 Å². The lowest BCUT2D eigenvalue weighted by Gasteiger charge is -2.17. The summed E-state index contributed by atoms with van der Waals surface area (Å²) in [6.45, 7) is 2.58. The maximum Gasteiger partial charge on any atom is 0.108 e. The fraction of sp³-hybridized carbons (Fsp3) is 0.267. The van der Waals surface area contributed by atoms with Crippen molar-refractivity contribution in [1.29, 1.82) is 0 Å². The monoisotopic (exact) mass is 242 g/mol. The highest BCUT2D eigenvalue weighted by atomic mass is 16.3. The summed E-state index contributed by atoms with van der Waals surface area (Å²) in [5.74, 6) is 0. The molecule has 2 atom stereocenters. The van der Waals surface area contributed by atoms with Gasteiger partial charge in [0.1, 0.15) is 6.10 Å². The molecule has 0 aliphatic rings. The third-order valence-electron chi connectivity index (χ3n) is 2.95. The minimum atomic E-state index is -0.572. The lowest BCUT2D eigenvalue weighted by Crippen LogP contribution is -2.25. The van der Waals surface area contributed by atoms with Gasteiger partial charge in [-0.3, -0.25) is 4.98 Å². The van der Waals surface area contributed by atoms with E-state index >= 15 is 0 Å². The van der Waals surface area contributed by atoms with Crippen molar-refractivity contribution >= 4 is 0 Å². The summed E-state index contributed by atoms with van der Waals surface area (Å²) in [7, 11) is 0. The number of aromatic nitrogens is 1. The van der Waals surface area contributed by atoms with Crippen LogP contribution in [0.1, 0.15) is 30.3 Å². The number of benzene rings is 1. The Kier molecular flexibility index (Phi) is 4.45. The topological polar surface area (TPSA) is 45.1 Å². The summed E-state index contributed by atoms with van der Waals surface area (Å²) in [5.41, 5.74) is 1.91. The lowest BCUT2D eigenvalue weighted by molar-refractivity contribution is 0.166. The second-order valence-electron chi connectivity index (χ2n) is 4.31. The minimum absolute atomic E-state index is 0.213. The molecule has 0 fully saturated rings. The summed E-state index contributed by atoms with van der Waals surface area (Å²) in [5, 5.41) is 13.3. The minimum Gasteiger partial charge on any atom is -0.385 e. The van der Waals surface area contributed by atoms with Gasteiger partial charge in [0.2, 0.25) is 0 Å². The summed E-state index contributed by atoms with van der Waals surface area (Å²) < 4.78 is 0. The first-order chi connectivity index (χ1) is 8.77. The van der Waals surface area contributed by atoms with E-state index in [1.54, 1.807) is 6.20 Å². The average Bonchev–Trinajstić information content (AvgIpc) is 2.46. The molecule has 2 N–H and O–H groups in total. The zero-order chi connectivity index (χ0) is 12.8. The van der Waals surface area contributed by atoms with Crippen molar-refractivity contribution in [2.75, 3.05) is 6.54 Å². The molecule has 0 aliphatic heterocycles. The Hall–Kier alpha value is -1.71. The number of hydrogen-bond acceptors (Lipinski definition) is 3. The van der Waals surface area contributed by atoms with Crippen LogP contribution in [0.4, 0.5) is 0 Å². The van der Waals surface area contributed by atoms with Crippen LogP contribution >= 0.6 is 0 Å². The maximum absolute atomic E-state index is 9.99. The molecule has 0 bridgehead atoms. The maximum atomic E-state index is 9.99. The van der Waals surface area contributed by atoms with Gasteiger partial charge < -0.3 is 10.4 Å². The van der Waals surface area contributed by atoms with Crippen LogP contribution in [0.15, 0.2) is 54.7 Å². The Morgan fingerprint density at radius 3 is 2.50 bits per heavy atom. The van der Waals surface area contributed by atoms with Crippen molar-refractivity contribution in [2.45, 2.75) is 19.1 Å². The van der Waals surface area contributed by atoms with Crippen LogP contribution in [0.5, 0.6) is 0 Å². The molecule has 18 heavy (non-hydrogen) atoms. The van der Waals surface area contributed by atoms with Gasteiger partial charge in [-0.05, 0) is 24.6 Å². The predicted molar refractivity (Wildman–Crippen MR) is 72.1 cm³/mol. The first-order valence-corrected chi connectivity index (χ1v) is 6.14. The fourth-order valence-corrected chi connectivity index (χ4v) is 1.83. The smallest absolute Gasteiger partial charge is 0.108 e.